The van der Waals surface area contributed by atoms with Crippen LogP contribution in [-0.4, -0.2) is 41.5 Å². The van der Waals surface area contributed by atoms with E-state index in [9.17, 15) is 0 Å². The van der Waals surface area contributed by atoms with Gasteiger partial charge in [0.2, 0.25) is 0 Å². The van der Waals surface area contributed by atoms with E-state index in [1.165, 1.54) is 19.4 Å². The summed E-state index contributed by atoms with van der Waals surface area (Å²) in [5.74, 6) is 2.03. The first-order valence-corrected chi connectivity index (χ1v) is 10.3. The first kappa shape index (κ1) is 18.0. The number of hydrogen-bond donors (Lipinski definition) is 2. The Morgan fingerprint density at radius 2 is 2.26 bits per heavy atom. The number of nitrogens with two attached hydrogens (primary N) is 1. The molecule has 0 amide bonds. The first-order chi connectivity index (χ1) is 13.2. The summed E-state index contributed by atoms with van der Waals surface area (Å²) in [7, 11) is 0. The van der Waals surface area contributed by atoms with Crippen LogP contribution >= 0.6 is 11.3 Å². The minimum atomic E-state index is 0.423. The van der Waals surface area contributed by atoms with E-state index < -0.39 is 0 Å². The van der Waals surface area contributed by atoms with E-state index in [4.69, 9.17) is 10.2 Å². The summed E-state index contributed by atoms with van der Waals surface area (Å²) in [6, 6.07) is 12.5. The van der Waals surface area contributed by atoms with Crippen molar-refractivity contribution in [1.29, 1.82) is 0 Å². The summed E-state index contributed by atoms with van der Waals surface area (Å²) in [4.78, 5) is 11.5. The predicted octanol–water partition coefficient (Wildman–Crippen LogP) is 3.44. The third-order valence-corrected chi connectivity index (χ3v) is 6.05. The van der Waals surface area contributed by atoms with Crippen molar-refractivity contribution < 1.29 is 4.42 Å². The lowest BCUT2D eigenvalue weighted by atomic mass is 10.2. The normalized spacial score (nSPS) is 18.4. The minimum absolute atomic E-state index is 0.423. The molecule has 1 fully saturated rings. The molecule has 0 saturated carbocycles. The first-order valence-electron chi connectivity index (χ1n) is 9.45. The molecule has 3 heterocycles. The molecule has 2 aromatic heterocycles. The fraction of sp³-hybridized carbons (Fsp3) is 0.400. The van der Waals surface area contributed by atoms with Gasteiger partial charge in [-0.25, -0.2) is 9.98 Å². The van der Waals surface area contributed by atoms with Crippen LogP contribution in [0.1, 0.15) is 25.5 Å². The van der Waals surface area contributed by atoms with Crippen molar-refractivity contribution in [2.45, 2.75) is 32.4 Å². The summed E-state index contributed by atoms with van der Waals surface area (Å²) < 4.78 is 7.07. The van der Waals surface area contributed by atoms with E-state index in [-0.39, 0.29) is 0 Å². The number of para-hydroxylation sites is 1. The SMILES string of the molecule is CCN1CCCC1CNC(N)=NCc1ccc(-c2nc3ccccc3s2)o1. The molecule has 27 heavy (non-hydrogen) atoms. The highest BCUT2D eigenvalue weighted by Crippen LogP contribution is 2.31. The van der Waals surface area contributed by atoms with E-state index in [2.05, 4.69) is 33.2 Å². The fourth-order valence-electron chi connectivity index (χ4n) is 3.54. The zero-order valence-electron chi connectivity index (χ0n) is 15.5. The fourth-order valence-corrected chi connectivity index (χ4v) is 4.47. The summed E-state index contributed by atoms with van der Waals surface area (Å²) in [5.41, 5.74) is 7.02. The summed E-state index contributed by atoms with van der Waals surface area (Å²) in [6.45, 7) is 5.74. The predicted molar refractivity (Wildman–Crippen MR) is 111 cm³/mol. The molecule has 1 aliphatic rings. The van der Waals surface area contributed by atoms with Crippen LogP contribution in [0.4, 0.5) is 0 Å². The average Bonchev–Trinajstić information content (AvgIpc) is 3.42. The van der Waals surface area contributed by atoms with Crippen molar-refractivity contribution in [3.05, 3.63) is 42.2 Å². The highest BCUT2D eigenvalue weighted by atomic mass is 32.1. The number of fused-ring (bicyclic) bond motifs is 1. The number of aliphatic imine (C=N–C) groups is 1. The van der Waals surface area contributed by atoms with Gasteiger partial charge in [-0.05, 0) is 50.2 Å². The molecule has 1 aromatic carbocycles. The van der Waals surface area contributed by atoms with Gasteiger partial charge in [0.1, 0.15) is 12.3 Å². The van der Waals surface area contributed by atoms with Crippen molar-refractivity contribution in [2.75, 3.05) is 19.6 Å². The molecule has 0 spiro atoms. The van der Waals surface area contributed by atoms with Crippen LogP contribution in [0.3, 0.4) is 0 Å². The lowest BCUT2D eigenvalue weighted by Gasteiger charge is -2.23. The van der Waals surface area contributed by atoms with E-state index in [0.717, 1.165) is 39.8 Å². The lowest BCUT2D eigenvalue weighted by Crippen LogP contribution is -2.42. The summed E-state index contributed by atoms with van der Waals surface area (Å²) >= 11 is 1.63. The molecule has 1 atom stereocenters. The van der Waals surface area contributed by atoms with Crippen LogP contribution in [0.5, 0.6) is 0 Å². The van der Waals surface area contributed by atoms with Crippen molar-refractivity contribution >= 4 is 27.5 Å². The molecule has 1 unspecified atom stereocenters. The van der Waals surface area contributed by atoms with Gasteiger partial charge in [0, 0.05) is 12.6 Å². The molecular weight excluding hydrogens is 358 g/mol. The second-order valence-electron chi connectivity index (χ2n) is 6.76. The molecule has 6 nitrogen and oxygen atoms in total. The smallest absolute Gasteiger partial charge is 0.189 e. The van der Waals surface area contributed by atoms with Crippen molar-refractivity contribution in [2.24, 2.45) is 10.7 Å². The zero-order chi connectivity index (χ0) is 18.6. The third-order valence-electron chi connectivity index (χ3n) is 5.00. The molecule has 3 N–H and O–H groups in total. The number of likely N-dealkylation sites (tertiary alicyclic amines) is 1. The number of benzene rings is 1. The number of hydrogen-bond acceptors (Lipinski definition) is 5. The number of nitrogens with zero attached hydrogens (tertiary/aromatic N) is 3. The summed E-state index contributed by atoms with van der Waals surface area (Å²) in [5, 5.41) is 4.14. The van der Waals surface area contributed by atoms with Gasteiger partial charge < -0.3 is 15.5 Å². The van der Waals surface area contributed by atoms with Crippen LogP contribution in [0.15, 0.2) is 45.8 Å². The highest BCUT2D eigenvalue weighted by molar-refractivity contribution is 7.21. The molecule has 4 rings (SSSR count). The van der Waals surface area contributed by atoms with Crippen LogP contribution in [0.25, 0.3) is 21.0 Å². The largest absolute Gasteiger partial charge is 0.457 e. The zero-order valence-corrected chi connectivity index (χ0v) is 16.3. The number of aromatic nitrogens is 1. The number of furan rings is 1. The molecule has 142 valence electrons. The van der Waals surface area contributed by atoms with Crippen molar-refractivity contribution in [3.8, 4) is 10.8 Å². The van der Waals surface area contributed by atoms with Gasteiger partial charge in [-0.15, -0.1) is 11.3 Å². The van der Waals surface area contributed by atoms with Crippen molar-refractivity contribution in [1.82, 2.24) is 15.2 Å². The number of thiazole rings is 1. The lowest BCUT2D eigenvalue weighted by molar-refractivity contribution is 0.267. The number of likely N-dealkylation sites (N-methyl/N-ethyl adjacent to an activating group) is 1. The maximum Gasteiger partial charge on any atom is 0.189 e. The minimum Gasteiger partial charge on any atom is -0.457 e. The second-order valence-corrected chi connectivity index (χ2v) is 7.79. The van der Waals surface area contributed by atoms with Crippen LogP contribution < -0.4 is 11.1 Å². The van der Waals surface area contributed by atoms with Gasteiger partial charge in [0.15, 0.2) is 16.7 Å². The second kappa shape index (κ2) is 8.10. The number of rotatable bonds is 6. The van der Waals surface area contributed by atoms with Crippen molar-refractivity contribution in [3.63, 3.8) is 0 Å². The van der Waals surface area contributed by atoms with Gasteiger partial charge in [0.25, 0.3) is 0 Å². The van der Waals surface area contributed by atoms with Gasteiger partial charge in [-0.2, -0.15) is 0 Å². The molecule has 0 aliphatic carbocycles. The van der Waals surface area contributed by atoms with Crippen LogP contribution in [-0.2, 0) is 6.54 Å². The number of guanidine groups is 1. The Labute approximate surface area is 163 Å². The van der Waals surface area contributed by atoms with Gasteiger partial charge in [-0.3, -0.25) is 4.90 Å². The maximum atomic E-state index is 6.02. The molecule has 0 radical (unpaired) electrons. The monoisotopic (exact) mass is 383 g/mol. The summed E-state index contributed by atoms with van der Waals surface area (Å²) in [6.07, 6.45) is 2.48. The Hall–Kier alpha value is -2.38. The Balaban J connectivity index is 1.35. The van der Waals surface area contributed by atoms with Gasteiger partial charge in [0.05, 0.1) is 10.2 Å². The van der Waals surface area contributed by atoms with Crippen LogP contribution in [0.2, 0.25) is 0 Å². The van der Waals surface area contributed by atoms with Crippen LogP contribution in [0, 0.1) is 0 Å². The molecule has 1 aliphatic heterocycles. The third kappa shape index (κ3) is 4.14. The number of nitrogens with one attached hydrogen (secondary N) is 1. The van der Waals surface area contributed by atoms with E-state index in [0.29, 0.717) is 18.5 Å². The molecule has 3 aromatic rings. The Kier molecular flexibility index (Phi) is 5.40. The molecule has 7 heteroatoms. The molecule has 0 bridgehead atoms. The Bertz CT molecular complexity index is 898. The van der Waals surface area contributed by atoms with E-state index in [1.807, 2.05) is 30.3 Å². The quantitative estimate of drug-likeness (QED) is 0.503. The standard InChI is InChI=1S/C20H25N5OS/c1-2-25-11-5-6-14(25)12-22-20(21)23-13-15-9-10-17(26-15)19-24-16-7-3-4-8-18(16)27-19/h3-4,7-10,14H,2,5-6,11-13H2,1H3,(H3,21,22,23). The maximum absolute atomic E-state index is 6.02. The van der Waals surface area contributed by atoms with Gasteiger partial charge in [-0.1, -0.05) is 19.1 Å². The van der Waals surface area contributed by atoms with E-state index in [1.54, 1.807) is 11.3 Å². The topological polar surface area (TPSA) is 79.7 Å². The molecular formula is C20H25N5OS. The molecule has 1 saturated heterocycles. The Morgan fingerprint density at radius 3 is 3.11 bits per heavy atom. The highest BCUT2D eigenvalue weighted by Gasteiger charge is 2.22. The average molecular weight is 384 g/mol. The van der Waals surface area contributed by atoms with Gasteiger partial charge >= 0.3 is 0 Å². The Morgan fingerprint density at radius 1 is 1.37 bits per heavy atom. The van der Waals surface area contributed by atoms with E-state index >= 15 is 0 Å².